The van der Waals surface area contributed by atoms with Crippen molar-refractivity contribution in [2.24, 2.45) is 0 Å². The van der Waals surface area contributed by atoms with Crippen LogP contribution in [-0.4, -0.2) is 23.1 Å². The number of carbonyl (C=O) groups is 1. The van der Waals surface area contributed by atoms with Crippen LogP contribution in [0.5, 0.6) is 0 Å². The molecule has 1 N–H and O–H groups in total. The third kappa shape index (κ3) is 3.96. The number of esters is 1. The van der Waals surface area contributed by atoms with Gasteiger partial charge in [-0.2, -0.15) is 5.26 Å². The quantitative estimate of drug-likeness (QED) is 0.646. The van der Waals surface area contributed by atoms with E-state index in [2.05, 4.69) is 16.4 Å². The number of nitrogens with zero attached hydrogens (tertiary/aromatic N) is 2. The van der Waals surface area contributed by atoms with Crippen LogP contribution in [0.1, 0.15) is 37.5 Å². The Bertz CT molecular complexity index is 1050. The van der Waals surface area contributed by atoms with Crippen LogP contribution in [0.3, 0.4) is 0 Å². The third-order valence-corrected chi connectivity index (χ3v) is 4.65. The molecule has 3 rings (SSSR count). The van der Waals surface area contributed by atoms with E-state index in [0.717, 1.165) is 27.6 Å². The maximum Gasteiger partial charge on any atom is 0.331 e. The van der Waals surface area contributed by atoms with Crippen LogP contribution >= 0.6 is 0 Å². The molecule has 142 valence electrons. The van der Waals surface area contributed by atoms with Gasteiger partial charge in [-0.1, -0.05) is 30.3 Å². The fourth-order valence-corrected chi connectivity index (χ4v) is 3.21. The minimum absolute atomic E-state index is 0.304. The molecule has 5 nitrogen and oxygen atoms in total. The number of hydrogen-bond donors (Lipinski definition) is 1. The van der Waals surface area contributed by atoms with Gasteiger partial charge in [-0.15, -0.1) is 0 Å². The topological polar surface area (TPSA) is 75.0 Å². The predicted octanol–water partition coefficient (Wildman–Crippen LogP) is 4.45. The highest BCUT2D eigenvalue weighted by Gasteiger charge is 2.29. The molecule has 0 saturated carbocycles. The van der Waals surface area contributed by atoms with Crippen molar-refractivity contribution in [1.82, 2.24) is 4.98 Å². The second-order valence-electron chi connectivity index (χ2n) is 7.11. The summed E-state index contributed by atoms with van der Waals surface area (Å²) in [6.07, 6.45) is 4.13. The Morgan fingerprint density at radius 1 is 1.14 bits per heavy atom. The first-order chi connectivity index (χ1) is 13.5. The molecule has 0 atom stereocenters. The first-order valence-electron chi connectivity index (χ1n) is 9.25. The van der Waals surface area contributed by atoms with Crippen molar-refractivity contribution in [2.75, 3.05) is 11.9 Å². The molecule has 0 unspecified atom stereocenters. The Morgan fingerprint density at radius 2 is 1.89 bits per heavy atom. The predicted molar refractivity (Wildman–Crippen MR) is 110 cm³/mol. The van der Waals surface area contributed by atoms with Crippen molar-refractivity contribution < 1.29 is 9.53 Å². The molecule has 0 saturated heterocycles. The molecule has 0 amide bonds. The lowest BCUT2D eigenvalue weighted by atomic mass is 9.95. The minimum Gasteiger partial charge on any atom is -0.464 e. The maximum atomic E-state index is 12.3. The number of pyridine rings is 1. The van der Waals surface area contributed by atoms with Gasteiger partial charge in [0.15, 0.2) is 0 Å². The van der Waals surface area contributed by atoms with Crippen molar-refractivity contribution in [3.05, 3.63) is 71.5 Å². The van der Waals surface area contributed by atoms with Gasteiger partial charge in [0.2, 0.25) is 0 Å². The summed E-state index contributed by atoms with van der Waals surface area (Å²) in [5.74, 6) is -0.304. The van der Waals surface area contributed by atoms with E-state index in [1.54, 1.807) is 33.2 Å². The van der Waals surface area contributed by atoms with E-state index in [9.17, 15) is 10.1 Å². The Hall–Kier alpha value is -3.39. The summed E-state index contributed by atoms with van der Waals surface area (Å²) in [5, 5.41) is 14.6. The highest BCUT2D eigenvalue weighted by atomic mass is 16.5. The largest absolute Gasteiger partial charge is 0.464 e. The van der Waals surface area contributed by atoms with Gasteiger partial charge in [0.05, 0.1) is 18.2 Å². The SMILES string of the molecule is CCOC(=O)C(C)(C)Nc1ccncc1Cc1ccc(C#N)c2ccccc12. The zero-order valence-corrected chi connectivity index (χ0v) is 16.3. The molecule has 2 aromatic carbocycles. The monoisotopic (exact) mass is 373 g/mol. The van der Waals surface area contributed by atoms with E-state index < -0.39 is 5.54 Å². The molecule has 0 bridgehead atoms. The Kier molecular flexibility index (Phi) is 5.60. The molecule has 0 radical (unpaired) electrons. The molecule has 1 aromatic heterocycles. The van der Waals surface area contributed by atoms with Crippen LogP contribution in [0, 0.1) is 11.3 Å². The number of hydrogen-bond acceptors (Lipinski definition) is 5. The number of rotatable bonds is 6. The smallest absolute Gasteiger partial charge is 0.331 e. The number of carbonyl (C=O) groups excluding carboxylic acids is 1. The van der Waals surface area contributed by atoms with Crippen LogP contribution in [-0.2, 0) is 16.0 Å². The summed E-state index contributed by atoms with van der Waals surface area (Å²) in [6, 6.07) is 15.8. The first kappa shape index (κ1) is 19.4. The van der Waals surface area contributed by atoms with Crippen molar-refractivity contribution >= 4 is 22.4 Å². The van der Waals surface area contributed by atoms with Gasteiger partial charge in [-0.05, 0) is 54.8 Å². The van der Waals surface area contributed by atoms with Crippen LogP contribution in [0.15, 0.2) is 54.9 Å². The zero-order valence-electron chi connectivity index (χ0n) is 16.3. The van der Waals surface area contributed by atoms with Gasteiger partial charge in [-0.3, -0.25) is 4.98 Å². The molecule has 0 aliphatic heterocycles. The number of benzene rings is 2. The lowest BCUT2D eigenvalue weighted by molar-refractivity contribution is -0.147. The highest BCUT2D eigenvalue weighted by Crippen LogP contribution is 2.28. The lowest BCUT2D eigenvalue weighted by Crippen LogP contribution is -2.41. The highest BCUT2D eigenvalue weighted by molar-refractivity contribution is 5.91. The fourth-order valence-electron chi connectivity index (χ4n) is 3.21. The van der Waals surface area contributed by atoms with Crippen molar-refractivity contribution in [1.29, 1.82) is 5.26 Å². The van der Waals surface area contributed by atoms with E-state index in [1.165, 1.54) is 0 Å². The van der Waals surface area contributed by atoms with Crippen LogP contribution in [0.2, 0.25) is 0 Å². The van der Waals surface area contributed by atoms with Gasteiger partial charge >= 0.3 is 5.97 Å². The number of anilines is 1. The van der Waals surface area contributed by atoms with Gasteiger partial charge in [0.1, 0.15) is 5.54 Å². The van der Waals surface area contributed by atoms with Crippen molar-refractivity contribution in [3.63, 3.8) is 0 Å². The average molecular weight is 373 g/mol. The molecule has 0 aliphatic rings. The van der Waals surface area contributed by atoms with Crippen LogP contribution in [0.4, 0.5) is 5.69 Å². The lowest BCUT2D eigenvalue weighted by Gasteiger charge is -2.26. The van der Waals surface area contributed by atoms with E-state index in [1.807, 2.05) is 42.5 Å². The van der Waals surface area contributed by atoms with Gasteiger partial charge < -0.3 is 10.1 Å². The van der Waals surface area contributed by atoms with Crippen LogP contribution < -0.4 is 5.32 Å². The van der Waals surface area contributed by atoms with E-state index in [-0.39, 0.29) is 5.97 Å². The Morgan fingerprint density at radius 3 is 2.61 bits per heavy atom. The minimum atomic E-state index is -0.862. The van der Waals surface area contributed by atoms with E-state index >= 15 is 0 Å². The molecule has 1 heterocycles. The van der Waals surface area contributed by atoms with Crippen molar-refractivity contribution in [2.45, 2.75) is 32.7 Å². The fraction of sp³-hybridized carbons (Fsp3) is 0.261. The summed E-state index contributed by atoms with van der Waals surface area (Å²) in [7, 11) is 0. The summed E-state index contributed by atoms with van der Waals surface area (Å²) in [6.45, 7) is 5.73. The third-order valence-electron chi connectivity index (χ3n) is 4.65. The molecular formula is C23H23N3O2. The van der Waals surface area contributed by atoms with Gasteiger partial charge in [-0.25, -0.2) is 4.79 Å². The van der Waals surface area contributed by atoms with Gasteiger partial charge in [0.25, 0.3) is 0 Å². The van der Waals surface area contributed by atoms with Crippen molar-refractivity contribution in [3.8, 4) is 6.07 Å². The molecule has 0 fully saturated rings. The number of nitriles is 1. The Balaban J connectivity index is 1.96. The second-order valence-corrected chi connectivity index (χ2v) is 7.11. The van der Waals surface area contributed by atoms with E-state index in [0.29, 0.717) is 18.6 Å². The number of nitrogens with one attached hydrogen (secondary N) is 1. The summed E-state index contributed by atoms with van der Waals surface area (Å²) >= 11 is 0. The summed E-state index contributed by atoms with van der Waals surface area (Å²) < 4.78 is 5.17. The molecule has 28 heavy (non-hydrogen) atoms. The average Bonchev–Trinajstić information content (AvgIpc) is 2.69. The molecule has 3 aromatic rings. The Labute approximate surface area is 165 Å². The molecule has 0 aliphatic carbocycles. The second kappa shape index (κ2) is 8.10. The zero-order chi connectivity index (χ0) is 20.1. The normalized spacial score (nSPS) is 11.1. The van der Waals surface area contributed by atoms with Crippen LogP contribution in [0.25, 0.3) is 10.8 Å². The first-order valence-corrected chi connectivity index (χ1v) is 9.25. The van der Waals surface area contributed by atoms with Gasteiger partial charge in [0, 0.05) is 24.5 Å². The number of aromatic nitrogens is 1. The maximum absolute atomic E-state index is 12.3. The molecule has 5 heteroatoms. The van der Waals surface area contributed by atoms with E-state index in [4.69, 9.17) is 4.74 Å². The molecule has 0 spiro atoms. The summed E-state index contributed by atoms with van der Waals surface area (Å²) in [5.41, 5.74) is 2.70. The standard InChI is InChI=1S/C23H23N3O2/c1-4-28-22(27)23(2,3)26-21-11-12-25-15-18(21)13-16-9-10-17(14-24)20-8-6-5-7-19(16)20/h5-12,15H,4,13H2,1-3H3,(H,25,26). The summed E-state index contributed by atoms with van der Waals surface area (Å²) in [4.78, 5) is 16.5. The number of ether oxygens (including phenoxy) is 1. The number of fused-ring (bicyclic) bond motifs is 1. The molecular weight excluding hydrogens is 350 g/mol.